The fraction of sp³-hybridized carbons (Fsp3) is 0.0968. The second-order valence-corrected chi connectivity index (χ2v) is 10.1. The highest BCUT2D eigenvalue weighted by molar-refractivity contribution is 9.10. The number of benzene rings is 5. The fourth-order valence-corrected chi connectivity index (χ4v) is 5.83. The molecule has 2 heteroatoms. The van der Waals surface area contributed by atoms with Gasteiger partial charge in [-0.15, -0.1) is 0 Å². The summed E-state index contributed by atoms with van der Waals surface area (Å²) >= 11 is 3.82. The van der Waals surface area contributed by atoms with Gasteiger partial charge in [-0.2, -0.15) is 0 Å². The molecule has 160 valence electrons. The summed E-state index contributed by atoms with van der Waals surface area (Å²) in [5.74, 6) is 0. The number of fused-ring (bicyclic) bond motifs is 4. The lowest BCUT2D eigenvalue weighted by molar-refractivity contribution is 0.660. The van der Waals surface area contributed by atoms with Gasteiger partial charge in [0.25, 0.3) is 0 Å². The van der Waals surface area contributed by atoms with Gasteiger partial charge in [0.15, 0.2) is 0 Å². The summed E-state index contributed by atoms with van der Waals surface area (Å²) in [6.07, 6.45) is 0. The predicted molar refractivity (Wildman–Crippen MR) is 144 cm³/mol. The monoisotopic (exact) mass is 489 g/mol. The largest absolute Gasteiger partial charge is 0.310 e. The molecule has 0 atom stereocenters. The average Bonchev–Trinajstić information content (AvgIpc) is 3.07. The highest BCUT2D eigenvalue weighted by Crippen LogP contribution is 2.50. The van der Waals surface area contributed by atoms with Crippen molar-refractivity contribution in [2.75, 3.05) is 4.90 Å². The van der Waals surface area contributed by atoms with E-state index in [1.165, 1.54) is 38.7 Å². The molecule has 0 heterocycles. The van der Waals surface area contributed by atoms with E-state index in [9.17, 15) is 0 Å². The Labute approximate surface area is 203 Å². The Morgan fingerprint density at radius 1 is 0.576 bits per heavy atom. The molecule has 0 spiro atoms. The third-order valence-electron chi connectivity index (χ3n) is 6.89. The molecule has 5 aromatic carbocycles. The van der Waals surface area contributed by atoms with Gasteiger partial charge in [-0.1, -0.05) is 103 Å². The normalized spacial score (nSPS) is 13.5. The van der Waals surface area contributed by atoms with E-state index in [4.69, 9.17) is 0 Å². The van der Waals surface area contributed by atoms with Gasteiger partial charge < -0.3 is 4.90 Å². The van der Waals surface area contributed by atoms with Gasteiger partial charge in [-0.25, -0.2) is 0 Å². The van der Waals surface area contributed by atoms with Gasteiger partial charge in [-0.3, -0.25) is 0 Å². The first kappa shape index (κ1) is 20.3. The van der Waals surface area contributed by atoms with E-state index in [2.05, 4.69) is 144 Å². The number of halogens is 1. The summed E-state index contributed by atoms with van der Waals surface area (Å²) < 4.78 is 1.10. The van der Waals surface area contributed by atoms with Crippen molar-refractivity contribution >= 4 is 43.8 Å². The number of hydrogen-bond acceptors (Lipinski definition) is 1. The molecule has 5 aromatic rings. The Hall–Kier alpha value is -3.36. The summed E-state index contributed by atoms with van der Waals surface area (Å²) in [6, 6.07) is 39.4. The van der Waals surface area contributed by atoms with Gasteiger partial charge >= 0.3 is 0 Å². The smallest absolute Gasteiger partial charge is 0.0479 e. The minimum absolute atomic E-state index is 0.0335. The Kier molecular flexibility index (Phi) is 4.67. The van der Waals surface area contributed by atoms with E-state index in [-0.39, 0.29) is 5.41 Å². The van der Waals surface area contributed by atoms with Gasteiger partial charge in [0.2, 0.25) is 0 Å². The number of para-hydroxylation sites is 1. The molecule has 0 unspecified atom stereocenters. The van der Waals surface area contributed by atoms with Crippen molar-refractivity contribution in [1.82, 2.24) is 0 Å². The lowest BCUT2D eigenvalue weighted by atomic mass is 9.82. The van der Waals surface area contributed by atoms with Crippen molar-refractivity contribution in [2.45, 2.75) is 19.3 Å². The topological polar surface area (TPSA) is 3.24 Å². The number of rotatable bonds is 3. The zero-order valence-electron chi connectivity index (χ0n) is 18.7. The van der Waals surface area contributed by atoms with E-state index >= 15 is 0 Å². The molecule has 1 aliphatic carbocycles. The quantitative estimate of drug-likeness (QED) is 0.244. The molecule has 0 fully saturated rings. The highest BCUT2D eigenvalue weighted by atomic mass is 79.9. The molecule has 0 saturated carbocycles. The van der Waals surface area contributed by atoms with Crippen LogP contribution in [0.1, 0.15) is 25.0 Å². The second kappa shape index (κ2) is 7.60. The predicted octanol–water partition coefficient (Wildman–Crippen LogP) is 9.38. The van der Waals surface area contributed by atoms with Crippen molar-refractivity contribution in [3.8, 4) is 11.1 Å². The van der Waals surface area contributed by atoms with Gasteiger partial charge in [0.1, 0.15) is 0 Å². The minimum atomic E-state index is -0.0335. The zero-order chi connectivity index (χ0) is 22.6. The Balaban J connectivity index is 1.57. The van der Waals surface area contributed by atoms with Crippen LogP contribution in [-0.4, -0.2) is 0 Å². The van der Waals surface area contributed by atoms with Gasteiger partial charge in [-0.05, 0) is 69.4 Å². The van der Waals surface area contributed by atoms with E-state index in [1.807, 2.05) is 0 Å². The first-order chi connectivity index (χ1) is 16.0. The maximum absolute atomic E-state index is 3.82. The minimum Gasteiger partial charge on any atom is -0.310 e. The van der Waals surface area contributed by atoms with Gasteiger partial charge in [0, 0.05) is 26.9 Å². The Morgan fingerprint density at radius 3 is 2.12 bits per heavy atom. The van der Waals surface area contributed by atoms with Gasteiger partial charge in [0.05, 0.1) is 0 Å². The molecule has 0 N–H and O–H groups in total. The number of hydrogen-bond donors (Lipinski definition) is 0. The summed E-state index contributed by atoms with van der Waals surface area (Å²) in [6.45, 7) is 4.67. The van der Waals surface area contributed by atoms with Crippen LogP contribution in [0.15, 0.2) is 114 Å². The van der Waals surface area contributed by atoms with Crippen LogP contribution >= 0.6 is 15.9 Å². The number of anilines is 3. The molecule has 0 saturated heterocycles. The lowest BCUT2D eigenvalue weighted by Crippen LogP contribution is -2.16. The van der Waals surface area contributed by atoms with Crippen LogP contribution in [0.5, 0.6) is 0 Å². The van der Waals surface area contributed by atoms with E-state index in [1.54, 1.807) is 0 Å². The molecule has 33 heavy (non-hydrogen) atoms. The van der Waals surface area contributed by atoms with Crippen molar-refractivity contribution in [1.29, 1.82) is 0 Å². The standard InChI is InChI=1S/C31H24BrN/c1-31(2)28-15-9-8-14-26(28)27-17-16-23(19-29(27)31)33(22-11-4-3-5-12-22)24-18-21-10-6-7-13-25(21)30(32)20-24/h3-20H,1-2H3. The van der Waals surface area contributed by atoms with E-state index in [0.717, 1.165) is 15.8 Å². The Bertz CT molecular complexity index is 1500. The third-order valence-corrected chi connectivity index (χ3v) is 7.55. The summed E-state index contributed by atoms with van der Waals surface area (Å²) in [5.41, 5.74) is 8.89. The van der Waals surface area contributed by atoms with Crippen LogP contribution in [0.4, 0.5) is 17.1 Å². The van der Waals surface area contributed by atoms with Crippen molar-refractivity contribution in [2.24, 2.45) is 0 Å². The molecular formula is C31H24BrN. The zero-order valence-corrected chi connectivity index (χ0v) is 20.3. The molecule has 1 nitrogen and oxygen atoms in total. The summed E-state index contributed by atoms with van der Waals surface area (Å²) in [7, 11) is 0. The first-order valence-corrected chi connectivity index (χ1v) is 12.1. The van der Waals surface area contributed by atoms with Crippen LogP contribution < -0.4 is 4.90 Å². The van der Waals surface area contributed by atoms with Crippen LogP contribution in [0.2, 0.25) is 0 Å². The maximum Gasteiger partial charge on any atom is 0.0479 e. The first-order valence-electron chi connectivity index (χ1n) is 11.3. The second-order valence-electron chi connectivity index (χ2n) is 9.22. The van der Waals surface area contributed by atoms with Crippen molar-refractivity contribution in [3.63, 3.8) is 0 Å². The van der Waals surface area contributed by atoms with Crippen molar-refractivity contribution < 1.29 is 0 Å². The fourth-order valence-electron chi connectivity index (χ4n) is 5.23. The maximum atomic E-state index is 3.82. The molecule has 0 amide bonds. The molecule has 0 bridgehead atoms. The molecular weight excluding hydrogens is 466 g/mol. The Morgan fingerprint density at radius 2 is 1.27 bits per heavy atom. The SMILES string of the molecule is CC1(C)c2ccccc2-c2ccc(N(c3ccccc3)c3cc(Br)c4ccccc4c3)cc21. The summed E-state index contributed by atoms with van der Waals surface area (Å²) in [4.78, 5) is 2.36. The van der Waals surface area contributed by atoms with E-state index in [0.29, 0.717) is 0 Å². The van der Waals surface area contributed by atoms with Crippen LogP contribution in [0.25, 0.3) is 21.9 Å². The van der Waals surface area contributed by atoms with Crippen molar-refractivity contribution in [3.05, 3.63) is 125 Å². The molecule has 0 aliphatic heterocycles. The molecule has 0 aromatic heterocycles. The van der Waals surface area contributed by atoms with Crippen LogP contribution in [0, 0.1) is 0 Å². The average molecular weight is 490 g/mol. The lowest BCUT2D eigenvalue weighted by Gasteiger charge is -2.28. The van der Waals surface area contributed by atoms with E-state index < -0.39 is 0 Å². The summed E-state index contributed by atoms with van der Waals surface area (Å²) in [5, 5.41) is 2.44. The molecule has 0 radical (unpaired) electrons. The van der Waals surface area contributed by atoms with Crippen LogP contribution in [0.3, 0.4) is 0 Å². The molecule has 1 aliphatic rings. The van der Waals surface area contributed by atoms with Crippen LogP contribution in [-0.2, 0) is 5.41 Å². The number of nitrogens with zero attached hydrogens (tertiary/aromatic N) is 1. The molecule has 6 rings (SSSR count). The highest BCUT2D eigenvalue weighted by Gasteiger charge is 2.35. The third kappa shape index (κ3) is 3.20.